The van der Waals surface area contributed by atoms with Crippen LogP contribution in [-0.2, 0) is 9.53 Å². The quantitative estimate of drug-likeness (QED) is 0.459. The van der Waals surface area contributed by atoms with Gasteiger partial charge < -0.3 is 4.74 Å². The highest BCUT2D eigenvalue weighted by Gasteiger charge is 2.11. The van der Waals surface area contributed by atoms with E-state index in [0.717, 1.165) is 12.8 Å². The van der Waals surface area contributed by atoms with Crippen molar-refractivity contribution in [3.63, 3.8) is 0 Å². The predicted octanol–water partition coefficient (Wildman–Crippen LogP) is 2.05. The van der Waals surface area contributed by atoms with Gasteiger partial charge in [0.25, 0.3) is 6.47 Å². The van der Waals surface area contributed by atoms with E-state index in [9.17, 15) is 4.79 Å². The Morgan fingerprint density at radius 2 is 2.45 bits per heavy atom. The average Bonchev–Trinajstić information content (AvgIpc) is 2.07. The number of rotatable bonds is 3. The Labute approximate surface area is 67.2 Å². The van der Waals surface area contributed by atoms with Gasteiger partial charge in [-0.3, -0.25) is 4.79 Å². The molecule has 1 unspecified atom stereocenters. The van der Waals surface area contributed by atoms with Gasteiger partial charge in [-0.25, -0.2) is 0 Å². The van der Waals surface area contributed by atoms with Crippen molar-refractivity contribution in [1.82, 2.24) is 0 Å². The first kappa shape index (κ1) is 8.31. The van der Waals surface area contributed by atoms with Gasteiger partial charge in [-0.2, -0.15) is 0 Å². The van der Waals surface area contributed by atoms with Crippen molar-refractivity contribution in [2.24, 2.45) is 0 Å². The molecule has 1 aliphatic rings. The van der Waals surface area contributed by atoms with Gasteiger partial charge in [-0.15, -0.1) is 0 Å². The number of allylic oxidation sites excluding steroid dienone is 1. The third kappa shape index (κ3) is 2.37. The summed E-state index contributed by atoms with van der Waals surface area (Å²) in [6, 6.07) is 0. The van der Waals surface area contributed by atoms with Crippen LogP contribution in [0.15, 0.2) is 11.6 Å². The fraction of sp³-hybridized carbons (Fsp3) is 0.667. The number of ether oxygens (including phenoxy) is 1. The molecular weight excluding hydrogens is 140 g/mol. The molecule has 0 aliphatic heterocycles. The molecule has 2 heteroatoms. The zero-order chi connectivity index (χ0) is 8.10. The first-order valence-electron chi connectivity index (χ1n) is 4.12. The van der Waals surface area contributed by atoms with Crippen molar-refractivity contribution in [3.05, 3.63) is 11.6 Å². The second-order valence-electron chi connectivity index (χ2n) is 2.90. The van der Waals surface area contributed by atoms with Crippen molar-refractivity contribution < 1.29 is 9.53 Å². The fourth-order valence-electron chi connectivity index (χ4n) is 1.40. The van der Waals surface area contributed by atoms with Gasteiger partial charge in [0.05, 0.1) is 0 Å². The largest absolute Gasteiger partial charge is 0.460 e. The number of carbonyl (C=O) groups excluding carboxylic acids is 1. The Kier molecular flexibility index (Phi) is 3.14. The molecule has 2 nitrogen and oxygen atoms in total. The Hall–Kier alpha value is -0.790. The lowest BCUT2D eigenvalue weighted by Gasteiger charge is -2.17. The number of hydrogen-bond acceptors (Lipinski definition) is 2. The minimum atomic E-state index is -0.00667. The lowest BCUT2D eigenvalue weighted by molar-refractivity contribution is -0.131. The molecular formula is C9H14O2. The van der Waals surface area contributed by atoms with Crippen LogP contribution in [0.1, 0.15) is 32.6 Å². The van der Waals surface area contributed by atoms with E-state index < -0.39 is 0 Å². The van der Waals surface area contributed by atoms with Crippen molar-refractivity contribution >= 4 is 6.47 Å². The number of hydrogen-bond donors (Lipinski definition) is 0. The minimum absolute atomic E-state index is 0.00667. The van der Waals surface area contributed by atoms with Crippen LogP contribution < -0.4 is 0 Å². The van der Waals surface area contributed by atoms with Gasteiger partial charge in [0, 0.05) is 0 Å². The van der Waals surface area contributed by atoms with Crippen LogP contribution in [0.3, 0.4) is 0 Å². The van der Waals surface area contributed by atoms with Crippen molar-refractivity contribution in [2.45, 2.75) is 38.7 Å². The Balaban J connectivity index is 2.43. The predicted molar refractivity (Wildman–Crippen MR) is 43.2 cm³/mol. The molecule has 1 aliphatic carbocycles. The molecule has 0 heterocycles. The van der Waals surface area contributed by atoms with Gasteiger partial charge >= 0.3 is 0 Å². The molecule has 62 valence electrons. The highest BCUT2D eigenvalue weighted by Crippen LogP contribution is 2.21. The molecule has 0 amide bonds. The third-order valence-corrected chi connectivity index (χ3v) is 2.11. The van der Waals surface area contributed by atoms with E-state index in [4.69, 9.17) is 4.74 Å². The Morgan fingerprint density at radius 1 is 1.64 bits per heavy atom. The second kappa shape index (κ2) is 4.16. The zero-order valence-corrected chi connectivity index (χ0v) is 6.88. The molecule has 0 saturated carbocycles. The van der Waals surface area contributed by atoms with Crippen LogP contribution in [0.5, 0.6) is 0 Å². The zero-order valence-electron chi connectivity index (χ0n) is 6.88. The maximum Gasteiger partial charge on any atom is 0.293 e. The van der Waals surface area contributed by atoms with Crippen LogP contribution in [0.4, 0.5) is 0 Å². The smallest absolute Gasteiger partial charge is 0.293 e. The van der Waals surface area contributed by atoms with E-state index in [1.165, 1.54) is 18.4 Å². The summed E-state index contributed by atoms with van der Waals surface area (Å²) >= 11 is 0. The summed E-state index contributed by atoms with van der Waals surface area (Å²) in [5, 5.41) is 0. The van der Waals surface area contributed by atoms with E-state index in [0.29, 0.717) is 6.47 Å². The summed E-state index contributed by atoms with van der Waals surface area (Å²) < 4.78 is 4.83. The van der Waals surface area contributed by atoms with E-state index >= 15 is 0 Å². The summed E-state index contributed by atoms with van der Waals surface area (Å²) in [5.41, 5.74) is 1.28. The van der Waals surface area contributed by atoms with E-state index in [1.54, 1.807) is 0 Å². The molecule has 0 radical (unpaired) electrons. The SMILES string of the molecule is CC(OC=O)C1=CCCCC1. The maximum absolute atomic E-state index is 10.0. The Morgan fingerprint density at radius 3 is 3.00 bits per heavy atom. The molecule has 0 bridgehead atoms. The van der Waals surface area contributed by atoms with Crippen LogP contribution in [-0.4, -0.2) is 12.6 Å². The molecule has 0 fully saturated rings. The lowest BCUT2D eigenvalue weighted by atomic mass is 9.96. The summed E-state index contributed by atoms with van der Waals surface area (Å²) in [6.07, 6.45) is 6.93. The van der Waals surface area contributed by atoms with Crippen LogP contribution >= 0.6 is 0 Å². The molecule has 0 spiro atoms. The first-order valence-corrected chi connectivity index (χ1v) is 4.12. The first-order chi connectivity index (χ1) is 5.34. The van der Waals surface area contributed by atoms with E-state index in [2.05, 4.69) is 6.08 Å². The van der Waals surface area contributed by atoms with Crippen molar-refractivity contribution in [2.75, 3.05) is 0 Å². The molecule has 1 atom stereocenters. The minimum Gasteiger partial charge on any atom is -0.460 e. The molecule has 0 aromatic heterocycles. The number of carbonyl (C=O) groups is 1. The van der Waals surface area contributed by atoms with Crippen LogP contribution in [0.2, 0.25) is 0 Å². The summed E-state index contributed by atoms with van der Waals surface area (Å²) in [6.45, 7) is 2.45. The maximum atomic E-state index is 10.0. The summed E-state index contributed by atoms with van der Waals surface area (Å²) in [4.78, 5) is 10.0. The van der Waals surface area contributed by atoms with Gasteiger partial charge in [0.15, 0.2) is 0 Å². The third-order valence-electron chi connectivity index (χ3n) is 2.11. The van der Waals surface area contributed by atoms with Gasteiger partial charge in [0.1, 0.15) is 6.10 Å². The average molecular weight is 154 g/mol. The summed E-state index contributed by atoms with van der Waals surface area (Å²) in [7, 11) is 0. The van der Waals surface area contributed by atoms with Gasteiger partial charge in [-0.1, -0.05) is 6.08 Å². The van der Waals surface area contributed by atoms with Crippen LogP contribution in [0.25, 0.3) is 0 Å². The fourth-order valence-corrected chi connectivity index (χ4v) is 1.40. The van der Waals surface area contributed by atoms with Crippen molar-refractivity contribution in [1.29, 1.82) is 0 Å². The standard InChI is InChI=1S/C9H14O2/c1-8(11-7-10)9-5-3-2-4-6-9/h5,7-8H,2-4,6H2,1H3. The van der Waals surface area contributed by atoms with E-state index in [-0.39, 0.29) is 6.10 Å². The molecule has 0 saturated heterocycles. The molecule has 0 aromatic carbocycles. The Bertz CT molecular complexity index is 161. The van der Waals surface area contributed by atoms with Gasteiger partial charge in [0.2, 0.25) is 0 Å². The highest BCUT2D eigenvalue weighted by molar-refractivity contribution is 5.38. The monoisotopic (exact) mass is 154 g/mol. The highest BCUT2D eigenvalue weighted by atomic mass is 16.5. The molecule has 0 aromatic rings. The van der Waals surface area contributed by atoms with E-state index in [1.807, 2.05) is 6.92 Å². The molecule has 11 heavy (non-hydrogen) atoms. The van der Waals surface area contributed by atoms with Gasteiger partial charge in [-0.05, 0) is 38.2 Å². The molecule has 0 N–H and O–H groups in total. The second-order valence-corrected chi connectivity index (χ2v) is 2.90. The van der Waals surface area contributed by atoms with Crippen molar-refractivity contribution in [3.8, 4) is 0 Å². The lowest BCUT2D eigenvalue weighted by Crippen LogP contribution is -2.12. The normalized spacial score (nSPS) is 20.3. The molecule has 1 rings (SSSR count). The summed E-state index contributed by atoms with van der Waals surface area (Å²) in [5.74, 6) is 0. The van der Waals surface area contributed by atoms with Crippen LogP contribution in [0, 0.1) is 0 Å². The topological polar surface area (TPSA) is 26.3 Å².